The fourth-order valence-corrected chi connectivity index (χ4v) is 3.91. The van der Waals surface area contributed by atoms with E-state index in [0.717, 1.165) is 41.6 Å². The van der Waals surface area contributed by atoms with Gasteiger partial charge in [0, 0.05) is 24.2 Å². The molecule has 0 fully saturated rings. The molecule has 0 aliphatic rings. The lowest BCUT2D eigenvalue weighted by molar-refractivity contribution is 0.278. The highest BCUT2D eigenvalue weighted by molar-refractivity contribution is 7.13. The third-order valence-corrected chi connectivity index (χ3v) is 5.38. The highest BCUT2D eigenvalue weighted by atomic mass is 32.1. The van der Waals surface area contributed by atoms with Gasteiger partial charge in [-0.1, -0.05) is 6.07 Å². The van der Waals surface area contributed by atoms with Crippen molar-refractivity contribution in [2.45, 2.75) is 33.5 Å². The highest BCUT2D eigenvalue weighted by Crippen LogP contribution is 2.33. The first kappa shape index (κ1) is 19.5. The van der Waals surface area contributed by atoms with Crippen LogP contribution in [0.15, 0.2) is 29.6 Å². The number of ether oxygens (including phenoxy) is 1. The molecule has 0 saturated carbocycles. The largest absolute Gasteiger partial charge is 0.496 e. The van der Waals surface area contributed by atoms with Crippen molar-refractivity contribution in [2.75, 3.05) is 20.7 Å². The van der Waals surface area contributed by atoms with Gasteiger partial charge in [0.2, 0.25) is 0 Å². The Morgan fingerprint density at radius 1 is 1.26 bits per heavy atom. The predicted octanol–water partition coefficient (Wildman–Crippen LogP) is 3.26. The number of thiazole rings is 1. The molecule has 144 valence electrons. The maximum atomic E-state index is 9.27. The molecule has 2 heterocycles. The zero-order valence-corrected chi connectivity index (χ0v) is 17.1. The van der Waals surface area contributed by atoms with Crippen LogP contribution in [0.1, 0.15) is 22.6 Å². The summed E-state index contributed by atoms with van der Waals surface area (Å²) in [6.45, 7) is 6.67. The van der Waals surface area contributed by atoms with Crippen molar-refractivity contribution in [1.82, 2.24) is 19.7 Å². The Balaban J connectivity index is 1.70. The van der Waals surface area contributed by atoms with E-state index in [2.05, 4.69) is 51.8 Å². The summed E-state index contributed by atoms with van der Waals surface area (Å²) in [5.41, 5.74) is 5.09. The van der Waals surface area contributed by atoms with E-state index in [0.29, 0.717) is 5.69 Å². The van der Waals surface area contributed by atoms with E-state index in [4.69, 9.17) is 4.74 Å². The summed E-state index contributed by atoms with van der Waals surface area (Å²) in [6, 6.07) is 8.30. The highest BCUT2D eigenvalue weighted by Gasteiger charge is 2.12. The minimum Gasteiger partial charge on any atom is -0.496 e. The fourth-order valence-electron chi connectivity index (χ4n) is 3.08. The number of likely N-dealkylation sites (N-methyl/N-ethyl adjacent to an activating group) is 1. The molecule has 3 aromatic rings. The van der Waals surface area contributed by atoms with Crippen LogP contribution in [0.5, 0.6) is 5.75 Å². The van der Waals surface area contributed by atoms with Gasteiger partial charge in [0.1, 0.15) is 10.8 Å². The van der Waals surface area contributed by atoms with Gasteiger partial charge in [-0.3, -0.25) is 4.68 Å². The van der Waals surface area contributed by atoms with E-state index in [1.807, 2.05) is 18.4 Å². The molecule has 6 nitrogen and oxygen atoms in total. The Morgan fingerprint density at radius 3 is 2.70 bits per heavy atom. The number of aromatic nitrogens is 3. The smallest absolute Gasteiger partial charge is 0.129 e. The van der Waals surface area contributed by atoms with Crippen molar-refractivity contribution >= 4 is 11.3 Å². The first-order valence-electron chi connectivity index (χ1n) is 8.92. The molecule has 0 saturated heterocycles. The summed E-state index contributed by atoms with van der Waals surface area (Å²) in [5.74, 6) is 0.794. The lowest BCUT2D eigenvalue weighted by Crippen LogP contribution is -2.23. The van der Waals surface area contributed by atoms with E-state index < -0.39 is 0 Å². The number of hydrogen-bond acceptors (Lipinski definition) is 6. The molecule has 0 aliphatic carbocycles. The van der Waals surface area contributed by atoms with Crippen LogP contribution in [0.4, 0.5) is 0 Å². The third-order valence-electron chi connectivity index (χ3n) is 4.46. The lowest BCUT2D eigenvalue weighted by Gasteiger charge is -2.18. The van der Waals surface area contributed by atoms with E-state index in [1.165, 1.54) is 22.6 Å². The Morgan fingerprint density at radius 2 is 2.07 bits per heavy atom. The van der Waals surface area contributed by atoms with Crippen molar-refractivity contribution in [3.05, 3.63) is 52.3 Å². The van der Waals surface area contributed by atoms with E-state index in [-0.39, 0.29) is 6.61 Å². The zero-order chi connectivity index (χ0) is 19.4. The fraction of sp³-hybridized carbons (Fsp3) is 0.400. The van der Waals surface area contributed by atoms with Gasteiger partial charge >= 0.3 is 0 Å². The standard InChI is InChI=1S/C20H26N4O2S/c1-14-9-15(2)24(22-14)8-7-23(3)11-16-5-6-19(26-4)18(10-16)20-21-17(12-25)13-27-20/h5-6,9-10,13,25H,7-8,11-12H2,1-4H3. The summed E-state index contributed by atoms with van der Waals surface area (Å²) >= 11 is 1.52. The maximum absolute atomic E-state index is 9.27. The molecule has 0 aliphatic heterocycles. The number of benzene rings is 1. The molecule has 27 heavy (non-hydrogen) atoms. The number of nitrogens with zero attached hydrogens (tertiary/aromatic N) is 4. The monoisotopic (exact) mass is 386 g/mol. The summed E-state index contributed by atoms with van der Waals surface area (Å²) in [5, 5.41) is 16.5. The second-order valence-electron chi connectivity index (χ2n) is 6.72. The van der Waals surface area contributed by atoms with Gasteiger partial charge in [-0.25, -0.2) is 4.98 Å². The topological polar surface area (TPSA) is 63.4 Å². The van der Waals surface area contributed by atoms with Crippen LogP contribution in [0, 0.1) is 13.8 Å². The van der Waals surface area contributed by atoms with E-state index >= 15 is 0 Å². The molecule has 3 rings (SSSR count). The van der Waals surface area contributed by atoms with Crippen molar-refractivity contribution in [2.24, 2.45) is 0 Å². The van der Waals surface area contributed by atoms with E-state index in [9.17, 15) is 5.11 Å². The number of rotatable bonds is 8. The van der Waals surface area contributed by atoms with Crippen LogP contribution in [0.3, 0.4) is 0 Å². The minimum atomic E-state index is -0.0481. The molecule has 0 spiro atoms. The van der Waals surface area contributed by atoms with E-state index in [1.54, 1.807) is 7.11 Å². The average molecular weight is 387 g/mol. The molecule has 0 unspecified atom stereocenters. The summed E-state index contributed by atoms with van der Waals surface area (Å²) < 4.78 is 7.56. The lowest BCUT2D eigenvalue weighted by atomic mass is 10.1. The first-order valence-corrected chi connectivity index (χ1v) is 9.80. The Hall–Kier alpha value is -2.22. The molecule has 0 radical (unpaired) electrons. The minimum absolute atomic E-state index is 0.0481. The van der Waals surface area contributed by atoms with Gasteiger partial charge in [0.05, 0.1) is 37.2 Å². The van der Waals surface area contributed by atoms with Gasteiger partial charge in [-0.15, -0.1) is 11.3 Å². The Kier molecular flexibility index (Phi) is 6.26. The number of aryl methyl sites for hydroxylation is 2. The summed E-state index contributed by atoms with van der Waals surface area (Å²) in [4.78, 5) is 6.76. The number of aliphatic hydroxyl groups is 1. The Labute approximate surface area is 164 Å². The molecule has 0 bridgehead atoms. The molecule has 0 atom stereocenters. The summed E-state index contributed by atoms with van der Waals surface area (Å²) in [7, 11) is 3.78. The second-order valence-corrected chi connectivity index (χ2v) is 7.58. The normalized spacial score (nSPS) is 11.3. The SMILES string of the molecule is COc1ccc(CN(C)CCn2nc(C)cc2C)cc1-c1nc(CO)cs1. The number of hydrogen-bond donors (Lipinski definition) is 1. The van der Waals surface area contributed by atoms with Crippen LogP contribution in [-0.2, 0) is 19.7 Å². The zero-order valence-electron chi connectivity index (χ0n) is 16.3. The van der Waals surface area contributed by atoms with Crippen LogP contribution in [0.25, 0.3) is 10.6 Å². The molecule has 1 aromatic carbocycles. The number of aliphatic hydroxyl groups excluding tert-OH is 1. The van der Waals surface area contributed by atoms with Crippen molar-refractivity contribution in [3.8, 4) is 16.3 Å². The first-order chi connectivity index (χ1) is 13.0. The average Bonchev–Trinajstić information content (AvgIpc) is 3.26. The quantitative estimate of drug-likeness (QED) is 0.644. The van der Waals surface area contributed by atoms with Gasteiger partial charge < -0.3 is 14.7 Å². The van der Waals surface area contributed by atoms with Gasteiger partial charge in [-0.2, -0.15) is 5.10 Å². The van der Waals surface area contributed by atoms with Gasteiger partial charge in [-0.05, 0) is 44.7 Å². The third kappa shape index (κ3) is 4.74. The van der Waals surface area contributed by atoms with Gasteiger partial charge in [0.15, 0.2) is 0 Å². The van der Waals surface area contributed by atoms with Crippen LogP contribution in [0.2, 0.25) is 0 Å². The number of methoxy groups -OCH3 is 1. The van der Waals surface area contributed by atoms with Crippen molar-refractivity contribution in [3.63, 3.8) is 0 Å². The predicted molar refractivity (Wildman–Crippen MR) is 108 cm³/mol. The van der Waals surface area contributed by atoms with Crippen LogP contribution < -0.4 is 4.74 Å². The van der Waals surface area contributed by atoms with Crippen LogP contribution in [-0.4, -0.2) is 45.5 Å². The second kappa shape index (κ2) is 8.65. The Bertz CT molecular complexity index is 903. The van der Waals surface area contributed by atoms with Crippen molar-refractivity contribution in [1.29, 1.82) is 0 Å². The summed E-state index contributed by atoms with van der Waals surface area (Å²) in [6.07, 6.45) is 0. The molecular weight excluding hydrogens is 360 g/mol. The molecule has 2 aromatic heterocycles. The maximum Gasteiger partial charge on any atom is 0.129 e. The van der Waals surface area contributed by atoms with Gasteiger partial charge in [0.25, 0.3) is 0 Å². The molecule has 0 amide bonds. The van der Waals surface area contributed by atoms with Crippen LogP contribution >= 0.6 is 11.3 Å². The molecule has 1 N–H and O–H groups in total. The molecule has 7 heteroatoms. The molecular formula is C20H26N4O2S. The van der Waals surface area contributed by atoms with Crippen molar-refractivity contribution < 1.29 is 9.84 Å².